The van der Waals surface area contributed by atoms with Crippen LogP contribution < -0.4 is 4.90 Å². The van der Waals surface area contributed by atoms with Crippen LogP contribution >= 0.6 is 11.6 Å². The van der Waals surface area contributed by atoms with Gasteiger partial charge in [-0.1, -0.05) is 11.6 Å². The van der Waals surface area contributed by atoms with Crippen LogP contribution in [0.3, 0.4) is 0 Å². The van der Waals surface area contributed by atoms with Gasteiger partial charge in [-0.25, -0.2) is 13.1 Å². The number of carbonyl (C=O) groups excluding carboxylic acids is 1. The van der Waals surface area contributed by atoms with Gasteiger partial charge in [0.15, 0.2) is 15.0 Å². The molecule has 9 heteroatoms. The Morgan fingerprint density at radius 3 is 2.76 bits per heavy atom. The molecular weight excluding hydrogens is 316 g/mol. The summed E-state index contributed by atoms with van der Waals surface area (Å²) in [4.78, 5) is 17.0. The number of hydrogen-bond acceptors (Lipinski definition) is 5. The summed E-state index contributed by atoms with van der Waals surface area (Å²) < 4.78 is 23.8. The average molecular weight is 329 g/mol. The first-order valence-electron chi connectivity index (χ1n) is 5.88. The molecule has 0 fully saturated rings. The molecule has 0 aliphatic carbocycles. The zero-order valence-electron chi connectivity index (χ0n) is 11.4. The second-order valence-corrected chi connectivity index (χ2v) is 6.98. The topological polar surface area (TPSA) is 85.2 Å². The number of carbonyl (C=O) groups is 1. The minimum absolute atomic E-state index is 0.100. The lowest BCUT2D eigenvalue weighted by atomic mass is 10.4. The van der Waals surface area contributed by atoms with Gasteiger partial charge in [0.2, 0.25) is 5.91 Å². The molecular formula is C12H13ClN4O3S. The van der Waals surface area contributed by atoms with Crippen LogP contribution in [0, 0.1) is 0 Å². The molecule has 1 amide bonds. The molecule has 0 unspecified atom stereocenters. The third-order valence-electron chi connectivity index (χ3n) is 2.68. The number of pyridine rings is 1. The highest BCUT2D eigenvalue weighted by atomic mass is 35.5. The lowest BCUT2D eigenvalue weighted by Crippen LogP contribution is -2.32. The van der Waals surface area contributed by atoms with Crippen molar-refractivity contribution in [3.63, 3.8) is 0 Å². The van der Waals surface area contributed by atoms with Crippen molar-refractivity contribution in [1.82, 2.24) is 14.8 Å². The quantitative estimate of drug-likeness (QED) is 0.833. The number of halogens is 1. The van der Waals surface area contributed by atoms with E-state index < -0.39 is 21.5 Å². The molecule has 0 saturated carbocycles. The van der Waals surface area contributed by atoms with Crippen molar-refractivity contribution in [2.75, 3.05) is 24.0 Å². The largest absolute Gasteiger partial charge is 0.310 e. The van der Waals surface area contributed by atoms with Crippen molar-refractivity contribution in [2.24, 2.45) is 0 Å². The Morgan fingerprint density at radius 2 is 2.19 bits per heavy atom. The van der Waals surface area contributed by atoms with Gasteiger partial charge in [0.05, 0.1) is 18.1 Å². The Hall–Kier alpha value is -1.93. The molecule has 0 N–H and O–H groups in total. The third kappa shape index (κ3) is 3.79. The number of nitrogens with zero attached hydrogens (tertiary/aromatic N) is 4. The van der Waals surface area contributed by atoms with Crippen molar-refractivity contribution >= 4 is 33.0 Å². The average Bonchev–Trinajstić information content (AvgIpc) is 2.79. The predicted octanol–water partition coefficient (Wildman–Crippen LogP) is 0.928. The van der Waals surface area contributed by atoms with Gasteiger partial charge in [-0.3, -0.25) is 9.78 Å². The zero-order chi connectivity index (χ0) is 15.6. The second-order valence-electron chi connectivity index (χ2n) is 4.48. The summed E-state index contributed by atoms with van der Waals surface area (Å²) in [5.74, 6) is -1.16. The second kappa shape index (κ2) is 5.82. The summed E-state index contributed by atoms with van der Waals surface area (Å²) in [7, 11) is -1.96. The van der Waals surface area contributed by atoms with Crippen LogP contribution in [0.2, 0.25) is 5.15 Å². The fraction of sp³-hybridized carbons (Fsp3) is 0.250. The molecule has 2 aromatic rings. The molecule has 2 heterocycles. The molecule has 0 saturated heterocycles. The number of rotatable bonds is 4. The summed E-state index contributed by atoms with van der Waals surface area (Å²) in [6.07, 6.45) is 5.75. The molecule has 2 rings (SSSR count). The van der Waals surface area contributed by atoms with Crippen molar-refractivity contribution in [1.29, 1.82) is 0 Å². The first-order valence-corrected chi connectivity index (χ1v) is 8.31. The van der Waals surface area contributed by atoms with E-state index in [9.17, 15) is 13.2 Å². The summed E-state index contributed by atoms with van der Waals surface area (Å²) in [6.45, 7) is 0. The smallest absolute Gasteiger partial charge is 0.242 e. The molecule has 0 bridgehead atoms. The van der Waals surface area contributed by atoms with Gasteiger partial charge < -0.3 is 4.90 Å². The van der Waals surface area contributed by atoms with E-state index >= 15 is 0 Å². The SMILES string of the molecule is CN(C(=O)CS(C)(=O)=O)c1cn(-c2cccnc2)nc1Cl. The zero-order valence-corrected chi connectivity index (χ0v) is 13.0. The Balaban J connectivity index is 2.29. The highest BCUT2D eigenvalue weighted by molar-refractivity contribution is 7.91. The van der Waals surface area contributed by atoms with Crippen LogP contribution in [-0.4, -0.2) is 48.1 Å². The van der Waals surface area contributed by atoms with Crippen LogP contribution in [0.15, 0.2) is 30.7 Å². The van der Waals surface area contributed by atoms with Gasteiger partial charge >= 0.3 is 0 Å². The Bertz CT molecular complexity index is 758. The van der Waals surface area contributed by atoms with E-state index in [1.807, 2.05) is 0 Å². The minimum Gasteiger partial charge on any atom is -0.310 e. The van der Waals surface area contributed by atoms with Gasteiger partial charge in [-0.2, -0.15) is 5.10 Å². The van der Waals surface area contributed by atoms with Crippen molar-refractivity contribution in [3.8, 4) is 5.69 Å². The molecule has 7 nitrogen and oxygen atoms in total. The molecule has 0 aliphatic heterocycles. The first-order chi connectivity index (χ1) is 9.78. The fourth-order valence-corrected chi connectivity index (χ4v) is 2.55. The lowest BCUT2D eigenvalue weighted by molar-refractivity contribution is -0.115. The van der Waals surface area contributed by atoms with Crippen LogP contribution in [0.25, 0.3) is 5.69 Å². The summed E-state index contributed by atoms with van der Waals surface area (Å²) >= 11 is 6.01. The van der Waals surface area contributed by atoms with E-state index in [1.165, 1.54) is 16.6 Å². The molecule has 0 spiro atoms. The number of hydrogen-bond donors (Lipinski definition) is 0. The summed E-state index contributed by atoms with van der Waals surface area (Å²) in [5.41, 5.74) is 1.00. The van der Waals surface area contributed by atoms with Crippen molar-refractivity contribution in [3.05, 3.63) is 35.9 Å². The van der Waals surface area contributed by atoms with E-state index in [0.29, 0.717) is 11.4 Å². The number of amides is 1. The molecule has 0 radical (unpaired) electrons. The summed E-state index contributed by atoms with van der Waals surface area (Å²) in [5, 5.41) is 4.18. The van der Waals surface area contributed by atoms with Gasteiger partial charge in [0.25, 0.3) is 0 Å². The molecule has 0 aliphatic rings. The molecule has 0 atom stereocenters. The van der Waals surface area contributed by atoms with Crippen molar-refractivity contribution in [2.45, 2.75) is 0 Å². The number of sulfone groups is 1. The fourth-order valence-electron chi connectivity index (χ4n) is 1.65. The normalized spacial score (nSPS) is 11.4. The lowest BCUT2D eigenvalue weighted by Gasteiger charge is -2.14. The Kier molecular flexibility index (Phi) is 4.29. The molecule has 0 aromatic carbocycles. The Labute approximate surface area is 127 Å². The number of aromatic nitrogens is 3. The summed E-state index contributed by atoms with van der Waals surface area (Å²) in [6, 6.07) is 3.52. The van der Waals surface area contributed by atoms with E-state index in [-0.39, 0.29) is 5.15 Å². The van der Waals surface area contributed by atoms with E-state index in [0.717, 1.165) is 6.26 Å². The van der Waals surface area contributed by atoms with Crippen LogP contribution in [-0.2, 0) is 14.6 Å². The van der Waals surface area contributed by atoms with Gasteiger partial charge in [0, 0.05) is 19.5 Å². The highest BCUT2D eigenvalue weighted by Gasteiger charge is 2.21. The minimum atomic E-state index is -3.41. The molecule has 112 valence electrons. The van der Waals surface area contributed by atoms with Gasteiger partial charge in [-0.05, 0) is 12.1 Å². The third-order valence-corrected chi connectivity index (χ3v) is 3.72. The monoisotopic (exact) mass is 328 g/mol. The van der Waals surface area contributed by atoms with Crippen LogP contribution in [0.5, 0.6) is 0 Å². The van der Waals surface area contributed by atoms with Gasteiger partial charge in [0.1, 0.15) is 11.4 Å². The van der Waals surface area contributed by atoms with Crippen LogP contribution in [0.1, 0.15) is 0 Å². The highest BCUT2D eigenvalue weighted by Crippen LogP contribution is 2.25. The van der Waals surface area contributed by atoms with E-state index in [1.54, 1.807) is 30.7 Å². The number of anilines is 1. The van der Waals surface area contributed by atoms with Gasteiger partial charge in [-0.15, -0.1) is 0 Å². The van der Waals surface area contributed by atoms with E-state index in [2.05, 4.69) is 10.1 Å². The maximum atomic E-state index is 11.9. The maximum absolute atomic E-state index is 11.9. The first kappa shape index (κ1) is 15.5. The standard InChI is InChI=1S/C12H13ClN4O3S/c1-16(11(18)8-21(2,19)20)10-7-17(15-12(10)13)9-4-3-5-14-6-9/h3-7H,8H2,1-2H3. The Morgan fingerprint density at radius 1 is 1.48 bits per heavy atom. The molecule has 21 heavy (non-hydrogen) atoms. The van der Waals surface area contributed by atoms with Crippen molar-refractivity contribution < 1.29 is 13.2 Å². The van der Waals surface area contributed by atoms with Crippen LogP contribution in [0.4, 0.5) is 5.69 Å². The molecule has 2 aromatic heterocycles. The predicted molar refractivity (Wildman–Crippen MR) is 79.5 cm³/mol. The maximum Gasteiger partial charge on any atom is 0.242 e. The van der Waals surface area contributed by atoms with E-state index in [4.69, 9.17) is 11.6 Å².